The van der Waals surface area contributed by atoms with Crippen molar-refractivity contribution in [2.24, 2.45) is 0 Å². The fraction of sp³-hybridized carbons (Fsp3) is 0.185. The number of benzene rings is 2. The van der Waals surface area contributed by atoms with E-state index in [0.717, 1.165) is 15.7 Å². The van der Waals surface area contributed by atoms with E-state index in [1.54, 1.807) is 6.92 Å². The monoisotopic (exact) mass is 548 g/mol. The third-order valence-electron chi connectivity index (χ3n) is 5.45. The predicted molar refractivity (Wildman–Crippen MR) is 145 cm³/mol. The Balaban J connectivity index is 1.64. The zero-order valence-corrected chi connectivity index (χ0v) is 22.1. The van der Waals surface area contributed by atoms with Gasteiger partial charge in [-0.3, -0.25) is 14.4 Å². The summed E-state index contributed by atoms with van der Waals surface area (Å²) in [6, 6.07) is 13.3. The average Bonchev–Trinajstić information content (AvgIpc) is 3.32. The summed E-state index contributed by atoms with van der Waals surface area (Å²) in [4.78, 5) is 67.7. The number of nitrogens with one attached hydrogen (secondary N) is 2. The van der Waals surface area contributed by atoms with E-state index in [1.165, 1.54) is 61.7 Å². The van der Waals surface area contributed by atoms with Gasteiger partial charge < -0.3 is 20.1 Å². The summed E-state index contributed by atoms with van der Waals surface area (Å²) in [6.07, 6.45) is 0.691. The zero-order chi connectivity index (χ0) is 28.1. The molecule has 2 amide bonds. The minimum atomic E-state index is -0.721. The Morgan fingerprint density at radius 1 is 0.897 bits per heavy atom. The first-order chi connectivity index (χ1) is 18.7. The molecule has 12 heteroatoms. The lowest BCUT2D eigenvalue weighted by Crippen LogP contribution is -2.25. The van der Waals surface area contributed by atoms with Crippen LogP contribution in [0.5, 0.6) is 0 Å². The summed E-state index contributed by atoms with van der Waals surface area (Å²) in [6.45, 7) is 3.82. The molecule has 0 aliphatic heterocycles. The maximum absolute atomic E-state index is 13.4. The molecule has 39 heavy (non-hydrogen) atoms. The fourth-order valence-electron chi connectivity index (χ4n) is 3.60. The van der Waals surface area contributed by atoms with Crippen LogP contribution in [0.3, 0.4) is 0 Å². The second-order valence-corrected chi connectivity index (χ2v) is 9.30. The normalized spacial score (nSPS) is 10.6. The number of nitrogens with zero attached hydrogens (tertiary/aromatic N) is 2. The molecule has 0 fully saturated rings. The van der Waals surface area contributed by atoms with Crippen LogP contribution in [-0.2, 0) is 9.47 Å². The Labute approximate surface area is 226 Å². The van der Waals surface area contributed by atoms with Crippen LogP contribution < -0.4 is 16.2 Å². The van der Waals surface area contributed by atoms with E-state index in [-0.39, 0.29) is 15.5 Å². The Morgan fingerprint density at radius 2 is 1.46 bits per heavy atom. The van der Waals surface area contributed by atoms with Crippen LogP contribution in [0, 0.1) is 6.92 Å². The van der Waals surface area contributed by atoms with Gasteiger partial charge in [-0.15, -0.1) is 0 Å². The molecule has 4 rings (SSSR count). The van der Waals surface area contributed by atoms with Crippen molar-refractivity contribution < 1.29 is 28.7 Å². The molecule has 2 aromatic heterocycles. The molecule has 2 heterocycles. The molecule has 2 aromatic carbocycles. The number of amides is 2. The molecule has 0 atom stereocenters. The van der Waals surface area contributed by atoms with Crippen LogP contribution in [0.2, 0.25) is 0 Å². The van der Waals surface area contributed by atoms with E-state index in [4.69, 9.17) is 4.74 Å². The zero-order valence-electron chi connectivity index (χ0n) is 21.3. The number of aryl methyl sites for hydroxylation is 1. The number of aromatic nitrogens is 2. The Bertz CT molecular complexity index is 1620. The minimum absolute atomic E-state index is 0.0421. The minimum Gasteiger partial charge on any atom is -0.465 e. The number of hydrogen-bond acceptors (Lipinski definition) is 9. The molecule has 0 saturated heterocycles. The SMILES string of the molecule is CCCOC(=O)c1ccc(NC(=O)c2c(C(=O)Nc3ccc(C(=O)OC)cc3)sc3nc(C)cc(=O)n23)cc1. The van der Waals surface area contributed by atoms with E-state index in [2.05, 4.69) is 20.4 Å². The smallest absolute Gasteiger partial charge is 0.338 e. The van der Waals surface area contributed by atoms with Crippen molar-refractivity contribution in [2.45, 2.75) is 20.3 Å². The highest BCUT2D eigenvalue weighted by Gasteiger charge is 2.26. The molecule has 0 spiro atoms. The maximum atomic E-state index is 13.4. The van der Waals surface area contributed by atoms with Crippen LogP contribution in [-0.4, -0.2) is 46.9 Å². The molecule has 0 saturated carbocycles. The highest BCUT2D eigenvalue weighted by molar-refractivity contribution is 7.19. The van der Waals surface area contributed by atoms with Gasteiger partial charge in [-0.25, -0.2) is 19.0 Å². The quantitative estimate of drug-likeness (QED) is 0.315. The number of ether oxygens (including phenoxy) is 2. The lowest BCUT2D eigenvalue weighted by atomic mass is 10.2. The van der Waals surface area contributed by atoms with Gasteiger partial charge >= 0.3 is 11.9 Å². The Kier molecular flexibility index (Phi) is 8.15. The lowest BCUT2D eigenvalue weighted by Gasteiger charge is -2.09. The number of anilines is 2. The van der Waals surface area contributed by atoms with Gasteiger partial charge in [0.05, 0.1) is 24.8 Å². The van der Waals surface area contributed by atoms with E-state index in [1.807, 2.05) is 6.92 Å². The van der Waals surface area contributed by atoms with Crippen molar-refractivity contribution in [1.29, 1.82) is 0 Å². The van der Waals surface area contributed by atoms with Crippen molar-refractivity contribution in [3.63, 3.8) is 0 Å². The van der Waals surface area contributed by atoms with Gasteiger partial charge in [-0.2, -0.15) is 0 Å². The molecule has 0 aliphatic carbocycles. The van der Waals surface area contributed by atoms with Gasteiger partial charge in [0.15, 0.2) is 4.96 Å². The van der Waals surface area contributed by atoms with Gasteiger partial charge in [0.2, 0.25) is 0 Å². The number of fused-ring (bicyclic) bond motifs is 1. The fourth-order valence-corrected chi connectivity index (χ4v) is 4.67. The second-order valence-electron chi connectivity index (χ2n) is 8.32. The Hall–Kier alpha value is -4.84. The highest BCUT2D eigenvalue weighted by atomic mass is 32.1. The van der Waals surface area contributed by atoms with E-state index >= 15 is 0 Å². The van der Waals surface area contributed by atoms with Gasteiger partial charge in [0.1, 0.15) is 10.6 Å². The third kappa shape index (κ3) is 6.02. The van der Waals surface area contributed by atoms with Crippen LogP contribution >= 0.6 is 11.3 Å². The molecule has 0 radical (unpaired) electrons. The van der Waals surface area contributed by atoms with Gasteiger partial charge in [0, 0.05) is 23.1 Å². The largest absolute Gasteiger partial charge is 0.465 e. The van der Waals surface area contributed by atoms with Gasteiger partial charge in [0.25, 0.3) is 17.4 Å². The molecular weight excluding hydrogens is 524 g/mol. The summed E-state index contributed by atoms with van der Waals surface area (Å²) in [5.41, 5.74) is 1.04. The van der Waals surface area contributed by atoms with Gasteiger partial charge in [-0.05, 0) is 61.9 Å². The topological polar surface area (TPSA) is 145 Å². The van der Waals surface area contributed by atoms with Crippen LogP contribution in [0.25, 0.3) is 4.96 Å². The average molecular weight is 549 g/mol. The molecule has 0 bridgehead atoms. The number of rotatable bonds is 8. The van der Waals surface area contributed by atoms with Crippen LogP contribution in [0.4, 0.5) is 11.4 Å². The summed E-state index contributed by atoms with van der Waals surface area (Å²) in [5, 5.41) is 5.35. The van der Waals surface area contributed by atoms with Crippen molar-refractivity contribution >= 4 is 51.4 Å². The van der Waals surface area contributed by atoms with Gasteiger partial charge in [-0.1, -0.05) is 18.3 Å². The van der Waals surface area contributed by atoms with Crippen molar-refractivity contribution in [2.75, 3.05) is 24.4 Å². The van der Waals surface area contributed by atoms with E-state index in [0.29, 0.717) is 41.2 Å². The summed E-state index contributed by atoms with van der Waals surface area (Å²) in [5.74, 6) is -2.37. The standard InChI is InChI=1S/C27H24N4O7S/c1-4-13-38-26(36)17-7-11-18(12-8-17)29-23(33)21-22(39-27-28-15(2)14-20(32)31(21)27)24(34)30-19-9-5-16(6-10-19)25(35)37-3/h5-12,14H,4,13H2,1-3H3,(H,29,33)(H,30,34). The van der Waals surface area contributed by atoms with Crippen molar-refractivity contribution in [1.82, 2.24) is 9.38 Å². The number of methoxy groups -OCH3 is 1. The molecular formula is C27H24N4O7S. The summed E-state index contributed by atoms with van der Waals surface area (Å²) >= 11 is 0.888. The first-order valence-corrected chi connectivity index (χ1v) is 12.6. The molecule has 0 unspecified atom stereocenters. The van der Waals surface area contributed by atoms with Crippen LogP contribution in [0.15, 0.2) is 59.4 Å². The molecule has 4 aromatic rings. The first-order valence-electron chi connectivity index (χ1n) is 11.8. The molecule has 2 N–H and O–H groups in total. The number of carbonyl (C=O) groups is 4. The summed E-state index contributed by atoms with van der Waals surface area (Å²) < 4.78 is 10.9. The number of esters is 2. The number of hydrogen-bond donors (Lipinski definition) is 2. The second kappa shape index (κ2) is 11.7. The van der Waals surface area contributed by atoms with Crippen molar-refractivity contribution in [3.8, 4) is 0 Å². The van der Waals surface area contributed by atoms with E-state index in [9.17, 15) is 24.0 Å². The molecule has 0 aliphatic rings. The van der Waals surface area contributed by atoms with Crippen molar-refractivity contribution in [3.05, 3.63) is 92.3 Å². The van der Waals surface area contributed by atoms with E-state index < -0.39 is 29.3 Å². The first kappa shape index (κ1) is 27.2. The third-order valence-corrected chi connectivity index (χ3v) is 6.49. The predicted octanol–water partition coefficient (Wildman–Crippen LogP) is 3.92. The molecule has 200 valence electrons. The molecule has 11 nitrogen and oxygen atoms in total. The highest BCUT2D eigenvalue weighted by Crippen LogP contribution is 2.24. The van der Waals surface area contributed by atoms with Crippen LogP contribution in [0.1, 0.15) is 59.9 Å². The Morgan fingerprint density at radius 3 is 2.03 bits per heavy atom. The number of carbonyl (C=O) groups excluding carboxylic acids is 4. The lowest BCUT2D eigenvalue weighted by molar-refractivity contribution is 0.0504. The maximum Gasteiger partial charge on any atom is 0.338 e. The summed E-state index contributed by atoms with van der Waals surface area (Å²) in [7, 11) is 1.26. The number of thiazole rings is 1.